The van der Waals surface area contributed by atoms with E-state index >= 15 is 0 Å². The van der Waals surface area contributed by atoms with Crippen molar-refractivity contribution in [3.05, 3.63) is 35.7 Å². The van der Waals surface area contributed by atoms with Crippen LogP contribution >= 0.6 is 0 Å². The molecule has 1 saturated carbocycles. The lowest BCUT2D eigenvalue weighted by Gasteiger charge is -2.34. The molecule has 1 aromatic heterocycles. The van der Waals surface area contributed by atoms with Crippen LogP contribution in [0.4, 0.5) is 5.82 Å². The molecule has 1 aliphatic carbocycles. The molecule has 0 aromatic carbocycles. The zero-order valence-electron chi connectivity index (χ0n) is 16.1. The van der Waals surface area contributed by atoms with Crippen molar-refractivity contribution in [2.45, 2.75) is 18.8 Å². The van der Waals surface area contributed by atoms with Crippen LogP contribution in [0.3, 0.4) is 0 Å². The van der Waals surface area contributed by atoms with Crippen LogP contribution in [-0.2, 0) is 9.59 Å². The summed E-state index contributed by atoms with van der Waals surface area (Å²) in [7, 11) is 0. The van der Waals surface area contributed by atoms with Gasteiger partial charge in [0, 0.05) is 71.1 Å². The largest absolute Gasteiger partial charge is 0.395 e. The fourth-order valence-corrected chi connectivity index (χ4v) is 3.72. The number of anilines is 1. The number of nitrogens with two attached hydrogens (primary N) is 1. The van der Waals surface area contributed by atoms with Crippen molar-refractivity contribution < 1.29 is 14.7 Å². The Morgan fingerprint density at radius 2 is 1.75 bits per heavy atom. The molecule has 1 aliphatic heterocycles. The van der Waals surface area contributed by atoms with Gasteiger partial charge >= 0.3 is 0 Å². The van der Waals surface area contributed by atoms with Crippen molar-refractivity contribution in [3.63, 3.8) is 0 Å². The van der Waals surface area contributed by atoms with Gasteiger partial charge < -0.3 is 16.2 Å². The Bertz CT molecular complexity index is 691. The highest BCUT2D eigenvalue weighted by molar-refractivity contribution is 6.22. The molecule has 8 heteroatoms. The number of β-amino-alcohol motifs (C(OH)–C–C–N with tert-alkyl or cyclic N) is 1. The predicted molar refractivity (Wildman–Crippen MR) is 107 cm³/mol. The SMILES string of the molecule is Nc1ccc(C2CC(=O)C(=CNCCN3CCN(CCO)CC3)C(=O)C2)cn1. The quantitative estimate of drug-likeness (QED) is 0.334. The van der Waals surface area contributed by atoms with Gasteiger partial charge in [-0.2, -0.15) is 0 Å². The first kappa shape index (κ1) is 20.4. The number of nitrogens with zero attached hydrogens (tertiary/aromatic N) is 3. The van der Waals surface area contributed by atoms with Crippen molar-refractivity contribution in [2.75, 3.05) is 58.2 Å². The summed E-state index contributed by atoms with van der Waals surface area (Å²) >= 11 is 0. The summed E-state index contributed by atoms with van der Waals surface area (Å²) in [5, 5.41) is 12.1. The number of aliphatic hydroxyl groups is 1. The Morgan fingerprint density at radius 3 is 2.32 bits per heavy atom. The molecule has 2 heterocycles. The van der Waals surface area contributed by atoms with E-state index in [0.717, 1.165) is 44.8 Å². The molecule has 1 saturated heterocycles. The van der Waals surface area contributed by atoms with Crippen LogP contribution < -0.4 is 11.1 Å². The molecule has 152 valence electrons. The second kappa shape index (κ2) is 9.77. The van der Waals surface area contributed by atoms with Crippen molar-refractivity contribution in [1.82, 2.24) is 20.1 Å². The smallest absolute Gasteiger partial charge is 0.168 e. The topological polar surface area (TPSA) is 112 Å². The number of piperazine rings is 1. The lowest BCUT2D eigenvalue weighted by Crippen LogP contribution is -2.48. The fourth-order valence-electron chi connectivity index (χ4n) is 3.72. The summed E-state index contributed by atoms with van der Waals surface area (Å²) < 4.78 is 0. The Morgan fingerprint density at radius 1 is 1.11 bits per heavy atom. The third kappa shape index (κ3) is 5.37. The highest BCUT2D eigenvalue weighted by Crippen LogP contribution is 2.31. The van der Waals surface area contributed by atoms with Crippen molar-refractivity contribution in [1.29, 1.82) is 0 Å². The number of hydrogen-bond acceptors (Lipinski definition) is 8. The fraction of sp³-hybridized carbons (Fsp3) is 0.550. The van der Waals surface area contributed by atoms with Gasteiger partial charge in [-0.3, -0.25) is 19.4 Å². The van der Waals surface area contributed by atoms with Crippen LogP contribution in [0.15, 0.2) is 30.1 Å². The van der Waals surface area contributed by atoms with Gasteiger partial charge in [0.2, 0.25) is 0 Å². The van der Waals surface area contributed by atoms with Gasteiger partial charge in [-0.15, -0.1) is 0 Å². The minimum Gasteiger partial charge on any atom is -0.395 e. The van der Waals surface area contributed by atoms with Crippen LogP contribution in [0.25, 0.3) is 0 Å². The molecule has 0 unspecified atom stereocenters. The van der Waals surface area contributed by atoms with Gasteiger partial charge in [0.05, 0.1) is 12.2 Å². The first-order chi connectivity index (χ1) is 13.6. The van der Waals surface area contributed by atoms with E-state index in [9.17, 15) is 9.59 Å². The number of aromatic nitrogens is 1. The average Bonchev–Trinajstić information content (AvgIpc) is 2.68. The van der Waals surface area contributed by atoms with E-state index in [0.29, 0.717) is 25.2 Å². The molecule has 0 atom stereocenters. The molecule has 4 N–H and O–H groups in total. The molecule has 0 amide bonds. The Balaban J connectivity index is 1.44. The van der Waals surface area contributed by atoms with E-state index in [1.165, 1.54) is 0 Å². The average molecular weight is 387 g/mol. The number of nitrogens with one attached hydrogen (secondary N) is 1. The highest BCUT2D eigenvalue weighted by atomic mass is 16.3. The summed E-state index contributed by atoms with van der Waals surface area (Å²) in [5.41, 5.74) is 6.75. The van der Waals surface area contributed by atoms with Gasteiger partial charge in [0.25, 0.3) is 0 Å². The molecule has 0 bridgehead atoms. The third-order valence-corrected chi connectivity index (χ3v) is 5.44. The van der Waals surface area contributed by atoms with Crippen LogP contribution in [0.2, 0.25) is 0 Å². The molecule has 8 nitrogen and oxygen atoms in total. The Kier molecular flexibility index (Phi) is 7.13. The van der Waals surface area contributed by atoms with Crippen LogP contribution in [0.1, 0.15) is 24.3 Å². The van der Waals surface area contributed by atoms with Crippen LogP contribution in [0.5, 0.6) is 0 Å². The molecular formula is C20H29N5O3. The molecule has 2 fully saturated rings. The maximum absolute atomic E-state index is 12.4. The summed E-state index contributed by atoms with van der Waals surface area (Å²) in [5.74, 6) is 0.0589. The number of Topliss-reactive ketones (excluding diaryl/α,β-unsaturated/α-hetero) is 2. The van der Waals surface area contributed by atoms with E-state index in [1.54, 1.807) is 18.5 Å². The Labute approximate surface area is 165 Å². The maximum Gasteiger partial charge on any atom is 0.168 e. The Hall–Kier alpha value is -2.29. The molecule has 0 spiro atoms. The highest BCUT2D eigenvalue weighted by Gasteiger charge is 2.31. The lowest BCUT2D eigenvalue weighted by atomic mass is 9.81. The minimum atomic E-state index is -0.125. The number of carbonyl (C=O) groups is 2. The summed E-state index contributed by atoms with van der Waals surface area (Å²) in [6.45, 7) is 6.33. The molecule has 2 aliphatic rings. The predicted octanol–water partition coefficient (Wildman–Crippen LogP) is -0.237. The first-order valence-electron chi connectivity index (χ1n) is 9.83. The summed E-state index contributed by atoms with van der Waals surface area (Å²) in [6, 6.07) is 3.53. The monoisotopic (exact) mass is 387 g/mol. The normalized spacial score (nSPS) is 21.8. The van der Waals surface area contributed by atoms with Gasteiger partial charge in [-0.1, -0.05) is 6.07 Å². The van der Waals surface area contributed by atoms with Gasteiger partial charge in [-0.25, -0.2) is 4.98 Å². The van der Waals surface area contributed by atoms with E-state index in [-0.39, 0.29) is 29.7 Å². The molecule has 3 rings (SSSR count). The van der Waals surface area contributed by atoms with Crippen LogP contribution in [0, 0.1) is 0 Å². The van der Waals surface area contributed by atoms with Crippen molar-refractivity contribution >= 4 is 17.4 Å². The lowest BCUT2D eigenvalue weighted by molar-refractivity contribution is -0.124. The van der Waals surface area contributed by atoms with Crippen molar-refractivity contribution in [3.8, 4) is 0 Å². The van der Waals surface area contributed by atoms with E-state index in [4.69, 9.17) is 10.8 Å². The number of nitrogen functional groups attached to an aromatic ring is 1. The number of ketones is 2. The number of allylic oxidation sites excluding steroid dienone is 1. The van der Waals surface area contributed by atoms with E-state index in [2.05, 4.69) is 20.1 Å². The first-order valence-corrected chi connectivity index (χ1v) is 9.83. The second-order valence-corrected chi connectivity index (χ2v) is 7.39. The second-order valence-electron chi connectivity index (χ2n) is 7.39. The van der Waals surface area contributed by atoms with Gasteiger partial charge in [0.15, 0.2) is 11.6 Å². The van der Waals surface area contributed by atoms with E-state index in [1.807, 2.05) is 6.07 Å². The van der Waals surface area contributed by atoms with Gasteiger partial charge in [0.1, 0.15) is 5.82 Å². The molecular weight excluding hydrogens is 358 g/mol. The third-order valence-electron chi connectivity index (χ3n) is 5.44. The summed E-state index contributed by atoms with van der Waals surface area (Å²) in [6.07, 6.45) is 3.87. The number of aliphatic hydroxyl groups excluding tert-OH is 1. The molecule has 0 radical (unpaired) electrons. The zero-order chi connectivity index (χ0) is 19.9. The van der Waals surface area contributed by atoms with Crippen LogP contribution in [-0.4, -0.2) is 83.9 Å². The minimum absolute atomic E-state index is 0.122. The molecule has 1 aromatic rings. The number of rotatable bonds is 7. The van der Waals surface area contributed by atoms with Gasteiger partial charge in [-0.05, 0) is 17.5 Å². The standard InChI is InChI=1S/C20H29N5O3/c21-20-2-1-15(13-23-20)16-11-18(27)17(19(28)12-16)14-22-3-4-24-5-7-25(8-6-24)9-10-26/h1-2,13-14,16,22,26H,3-12H2,(H2,21,23). The molecule has 28 heavy (non-hydrogen) atoms. The summed E-state index contributed by atoms with van der Waals surface area (Å²) in [4.78, 5) is 33.5. The van der Waals surface area contributed by atoms with E-state index < -0.39 is 0 Å². The number of pyridine rings is 1. The number of hydrogen-bond donors (Lipinski definition) is 3. The number of carbonyl (C=O) groups excluding carboxylic acids is 2. The zero-order valence-corrected chi connectivity index (χ0v) is 16.1. The van der Waals surface area contributed by atoms with Crippen molar-refractivity contribution in [2.24, 2.45) is 0 Å². The maximum atomic E-state index is 12.4.